The van der Waals surface area contributed by atoms with Crippen molar-refractivity contribution in [2.45, 2.75) is 13.3 Å². The second kappa shape index (κ2) is 8.27. The van der Waals surface area contributed by atoms with Crippen molar-refractivity contribution in [2.75, 3.05) is 26.2 Å². The molecule has 0 saturated carbocycles. The second-order valence-electron chi connectivity index (χ2n) is 4.28. The van der Waals surface area contributed by atoms with E-state index in [4.69, 9.17) is 5.11 Å². The van der Waals surface area contributed by atoms with Crippen molar-refractivity contribution in [1.82, 2.24) is 10.2 Å². The molecule has 0 aliphatic rings. The minimum atomic E-state index is -0.397. The number of carbonyl (C=O) groups excluding carboxylic acids is 2. The van der Waals surface area contributed by atoms with E-state index in [0.717, 1.165) is 0 Å². The number of benzene rings is 1. The van der Waals surface area contributed by atoms with Gasteiger partial charge in [-0.25, -0.2) is 4.39 Å². The monoisotopic (exact) mass is 282 g/mol. The van der Waals surface area contributed by atoms with Gasteiger partial charge in [0, 0.05) is 13.1 Å². The molecule has 1 rings (SSSR count). The molecule has 0 fully saturated rings. The van der Waals surface area contributed by atoms with Crippen molar-refractivity contribution in [3.63, 3.8) is 0 Å². The minimum Gasteiger partial charge on any atom is -0.395 e. The van der Waals surface area contributed by atoms with Crippen LogP contribution in [-0.2, 0) is 16.0 Å². The van der Waals surface area contributed by atoms with Gasteiger partial charge in [0.1, 0.15) is 5.82 Å². The van der Waals surface area contributed by atoms with E-state index in [2.05, 4.69) is 5.32 Å². The average molecular weight is 282 g/mol. The molecule has 0 radical (unpaired) electrons. The lowest BCUT2D eigenvalue weighted by Crippen LogP contribution is -2.41. The highest BCUT2D eigenvalue weighted by molar-refractivity contribution is 5.85. The van der Waals surface area contributed by atoms with Gasteiger partial charge in [-0.3, -0.25) is 9.59 Å². The molecule has 0 bridgehead atoms. The molecule has 0 aliphatic carbocycles. The molecule has 2 N–H and O–H groups in total. The summed E-state index contributed by atoms with van der Waals surface area (Å²) in [5.74, 6) is -0.996. The molecule has 6 heteroatoms. The largest absolute Gasteiger partial charge is 0.395 e. The fraction of sp³-hybridized carbons (Fsp3) is 0.429. The first-order valence-corrected chi connectivity index (χ1v) is 6.46. The number of likely N-dealkylation sites (N-methyl/N-ethyl adjacent to an activating group) is 1. The van der Waals surface area contributed by atoms with E-state index >= 15 is 0 Å². The molecule has 0 aromatic heterocycles. The van der Waals surface area contributed by atoms with Gasteiger partial charge in [0.2, 0.25) is 11.8 Å². The topological polar surface area (TPSA) is 69.6 Å². The van der Waals surface area contributed by atoms with Gasteiger partial charge in [0.25, 0.3) is 0 Å². The number of carbonyl (C=O) groups is 2. The Morgan fingerprint density at radius 3 is 2.75 bits per heavy atom. The van der Waals surface area contributed by atoms with Crippen molar-refractivity contribution in [1.29, 1.82) is 0 Å². The number of hydrogen-bond acceptors (Lipinski definition) is 3. The quantitative estimate of drug-likeness (QED) is 0.757. The molecular weight excluding hydrogens is 263 g/mol. The van der Waals surface area contributed by atoms with E-state index in [9.17, 15) is 14.0 Å². The lowest BCUT2D eigenvalue weighted by molar-refractivity contribution is -0.133. The Bertz CT molecular complexity index is 465. The molecule has 0 spiro atoms. The lowest BCUT2D eigenvalue weighted by atomic mass is 10.1. The van der Waals surface area contributed by atoms with Crippen LogP contribution in [0.15, 0.2) is 24.3 Å². The summed E-state index contributed by atoms with van der Waals surface area (Å²) < 4.78 is 13.0. The summed E-state index contributed by atoms with van der Waals surface area (Å²) in [4.78, 5) is 24.8. The molecule has 5 nitrogen and oxygen atoms in total. The highest BCUT2D eigenvalue weighted by atomic mass is 19.1. The first kappa shape index (κ1) is 16.1. The first-order chi connectivity index (χ1) is 9.56. The highest BCUT2D eigenvalue weighted by Crippen LogP contribution is 2.04. The summed E-state index contributed by atoms with van der Waals surface area (Å²) in [7, 11) is 0. The smallest absolute Gasteiger partial charge is 0.242 e. The van der Waals surface area contributed by atoms with Crippen molar-refractivity contribution < 1.29 is 19.1 Å². The van der Waals surface area contributed by atoms with Crippen molar-refractivity contribution in [3.05, 3.63) is 35.6 Å². The zero-order valence-electron chi connectivity index (χ0n) is 11.4. The summed E-state index contributed by atoms with van der Waals surface area (Å²) in [6.45, 7) is 2.27. The fourth-order valence-electron chi connectivity index (χ4n) is 1.76. The van der Waals surface area contributed by atoms with E-state index in [1.807, 2.05) is 0 Å². The third kappa shape index (κ3) is 5.36. The van der Waals surface area contributed by atoms with Gasteiger partial charge in [-0.05, 0) is 24.6 Å². The number of hydrogen-bond donors (Lipinski definition) is 2. The summed E-state index contributed by atoms with van der Waals surface area (Å²) >= 11 is 0. The lowest BCUT2D eigenvalue weighted by Gasteiger charge is -2.19. The number of rotatable bonds is 7. The van der Waals surface area contributed by atoms with E-state index in [1.54, 1.807) is 13.0 Å². The van der Waals surface area contributed by atoms with Crippen LogP contribution in [0.4, 0.5) is 4.39 Å². The van der Waals surface area contributed by atoms with Crippen LogP contribution in [0, 0.1) is 5.82 Å². The Labute approximate surface area is 117 Å². The molecule has 0 aliphatic heterocycles. The number of nitrogens with one attached hydrogen (secondary N) is 1. The van der Waals surface area contributed by atoms with Gasteiger partial charge >= 0.3 is 0 Å². The molecule has 0 heterocycles. The molecule has 20 heavy (non-hydrogen) atoms. The normalized spacial score (nSPS) is 10.2. The summed E-state index contributed by atoms with van der Waals surface area (Å²) in [5.41, 5.74) is 0.553. The molecule has 0 saturated heterocycles. The SMILES string of the molecule is CCN(CCO)C(=O)CNC(=O)Cc1cccc(F)c1. The van der Waals surface area contributed by atoms with Gasteiger partial charge < -0.3 is 15.3 Å². The van der Waals surface area contributed by atoms with Gasteiger partial charge in [-0.1, -0.05) is 12.1 Å². The molecule has 1 aromatic carbocycles. The number of amides is 2. The maximum Gasteiger partial charge on any atom is 0.242 e. The summed E-state index contributed by atoms with van der Waals surface area (Å²) in [6.07, 6.45) is 0.0250. The third-order valence-corrected chi connectivity index (χ3v) is 2.79. The molecule has 2 amide bonds. The van der Waals surface area contributed by atoms with Gasteiger partial charge in [-0.2, -0.15) is 0 Å². The third-order valence-electron chi connectivity index (χ3n) is 2.79. The Hall–Kier alpha value is -1.95. The number of halogens is 1. The van der Waals surface area contributed by atoms with Crippen molar-refractivity contribution >= 4 is 11.8 Å². The zero-order valence-corrected chi connectivity index (χ0v) is 11.4. The molecule has 0 atom stereocenters. The van der Waals surface area contributed by atoms with E-state index in [0.29, 0.717) is 12.1 Å². The van der Waals surface area contributed by atoms with Crippen LogP contribution in [0.1, 0.15) is 12.5 Å². The predicted molar refractivity (Wildman–Crippen MR) is 72.5 cm³/mol. The minimum absolute atomic E-state index is 0.0250. The molecule has 0 unspecified atom stereocenters. The van der Waals surface area contributed by atoms with Gasteiger partial charge in [0.15, 0.2) is 0 Å². The first-order valence-electron chi connectivity index (χ1n) is 6.46. The molecule has 1 aromatic rings. The Morgan fingerprint density at radius 1 is 1.40 bits per heavy atom. The second-order valence-corrected chi connectivity index (χ2v) is 4.28. The van der Waals surface area contributed by atoms with Gasteiger partial charge in [-0.15, -0.1) is 0 Å². The van der Waals surface area contributed by atoms with Crippen LogP contribution in [0.5, 0.6) is 0 Å². The van der Waals surface area contributed by atoms with Crippen molar-refractivity contribution in [3.8, 4) is 0 Å². The standard InChI is InChI=1S/C14H19FN2O3/c1-2-17(6-7-18)14(20)10-16-13(19)9-11-4-3-5-12(15)8-11/h3-5,8,18H,2,6-7,9-10H2,1H3,(H,16,19). The molecular formula is C14H19FN2O3. The van der Waals surface area contributed by atoms with Crippen LogP contribution in [0.2, 0.25) is 0 Å². The number of aliphatic hydroxyl groups excluding tert-OH is 1. The van der Waals surface area contributed by atoms with E-state index in [-0.39, 0.29) is 37.9 Å². The Kier molecular flexibility index (Phi) is 6.66. The average Bonchev–Trinajstić information content (AvgIpc) is 2.42. The van der Waals surface area contributed by atoms with Crippen LogP contribution >= 0.6 is 0 Å². The number of nitrogens with zero attached hydrogens (tertiary/aromatic N) is 1. The summed E-state index contributed by atoms with van der Waals surface area (Å²) in [5, 5.41) is 11.3. The maximum absolute atomic E-state index is 13.0. The fourth-order valence-corrected chi connectivity index (χ4v) is 1.76. The Balaban J connectivity index is 2.41. The zero-order chi connectivity index (χ0) is 15.0. The highest BCUT2D eigenvalue weighted by Gasteiger charge is 2.12. The van der Waals surface area contributed by atoms with E-state index in [1.165, 1.54) is 23.1 Å². The van der Waals surface area contributed by atoms with Crippen LogP contribution in [-0.4, -0.2) is 48.1 Å². The van der Waals surface area contributed by atoms with Gasteiger partial charge in [0.05, 0.1) is 19.6 Å². The van der Waals surface area contributed by atoms with Crippen LogP contribution in [0.3, 0.4) is 0 Å². The van der Waals surface area contributed by atoms with E-state index < -0.39 is 5.82 Å². The Morgan fingerprint density at radius 2 is 2.15 bits per heavy atom. The van der Waals surface area contributed by atoms with Crippen LogP contribution < -0.4 is 5.32 Å². The summed E-state index contributed by atoms with van der Waals surface area (Å²) in [6, 6.07) is 5.77. The van der Waals surface area contributed by atoms with Crippen LogP contribution in [0.25, 0.3) is 0 Å². The maximum atomic E-state index is 13.0. The number of aliphatic hydroxyl groups is 1. The predicted octanol–water partition coefficient (Wildman–Crippen LogP) is 0.325. The molecule has 110 valence electrons. The van der Waals surface area contributed by atoms with Crippen molar-refractivity contribution in [2.24, 2.45) is 0 Å².